The molecule has 0 spiro atoms. The largest absolute Gasteiger partial charge is 0.497 e. The third-order valence-electron chi connectivity index (χ3n) is 3.55. The van der Waals surface area contributed by atoms with Gasteiger partial charge < -0.3 is 9.84 Å². The summed E-state index contributed by atoms with van der Waals surface area (Å²) in [6, 6.07) is 7.56. The number of aromatic nitrogens is 1. The van der Waals surface area contributed by atoms with Gasteiger partial charge in [0.25, 0.3) is 0 Å². The molecule has 0 bridgehead atoms. The van der Waals surface area contributed by atoms with Gasteiger partial charge in [0.2, 0.25) is 0 Å². The van der Waals surface area contributed by atoms with E-state index in [1.165, 1.54) is 0 Å². The molecule has 1 atom stereocenters. The number of aromatic carboxylic acids is 1. The third kappa shape index (κ3) is 2.21. The number of aryl methyl sites for hydroxylation is 1. The molecule has 0 saturated carbocycles. The molecule has 1 N–H and O–H groups in total. The van der Waals surface area contributed by atoms with E-state index in [9.17, 15) is 9.90 Å². The van der Waals surface area contributed by atoms with Gasteiger partial charge >= 0.3 is 5.97 Å². The number of aliphatic imine (C=N–C) groups is 1. The summed E-state index contributed by atoms with van der Waals surface area (Å²) >= 11 is 1.16. The first kappa shape index (κ1) is 14.5. The number of carboxylic acids is 1. The van der Waals surface area contributed by atoms with Gasteiger partial charge in [0.1, 0.15) is 15.6 Å². The summed E-state index contributed by atoms with van der Waals surface area (Å²) in [4.78, 5) is 20.5. The maximum absolute atomic E-state index is 11.3. The van der Waals surface area contributed by atoms with Gasteiger partial charge in [0, 0.05) is 6.21 Å². The van der Waals surface area contributed by atoms with E-state index in [0.29, 0.717) is 10.7 Å². The van der Waals surface area contributed by atoms with Crippen LogP contribution in [0.5, 0.6) is 5.75 Å². The molecule has 112 valence electrons. The molecule has 0 aliphatic carbocycles. The molecule has 0 fully saturated rings. The predicted molar refractivity (Wildman–Crippen MR) is 85.2 cm³/mol. The maximum Gasteiger partial charge on any atom is 0.347 e. The van der Waals surface area contributed by atoms with Crippen LogP contribution in [0.2, 0.25) is 0 Å². The Morgan fingerprint density at radius 3 is 2.55 bits per heavy atom. The maximum atomic E-state index is 11.3. The van der Waals surface area contributed by atoms with Gasteiger partial charge in [0.05, 0.1) is 12.8 Å². The fourth-order valence-corrected chi connectivity index (χ4v) is 3.46. The van der Waals surface area contributed by atoms with Crippen molar-refractivity contribution in [2.24, 2.45) is 4.99 Å². The normalized spacial score (nSPS) is 19.5. The zero-order valence-electron chi connectivity index (χ0n) is 12.1. The monoisotopic (exact) mass is 314 g/mol. The molecular weight excluding hydrogens is 300 g/mol. The van der Waals surface area contributed by atoms with Crippen molar-refractivity contribution < 1.29 is 14.6 Å². The molecule has 5 nitrogen and oxygen atoms in total. The van der Waals surface area contributed by atoms with Crippen LogP contribution in [0.4, 0.5) is 0 Å². The molecule has 3 rings (SSSR count). The number of carboxylic acid groups (broad SMARTS) is 1. The number of hydrogen-bond acceptors (Lipinski definition) is 5. The third-order valence-corrected chi connectivity index (χ3v) is 4.82. The lowest BCUT2D eigenvalue weighted by atomic mass is 9.91. The SMILES string of the molecule is COc1ccc(C2(c3nc(C)c(C(=O)O)s3)C=CC=N2)cc1. The van der Waals surface area contributed by atoms with Crippen LogP contribution in [0, 0.1) is 6.92 Å². The van der Waals surface area contributed by atoms with E-state index in [0.717, 1.165) is 22.6 Å². The Kier molecular flexibility index (Phi) is 3.54. The topological polar surface area (TPSA) is 71.8 Å². The number of rotatable bonds is 4. The van der Waals surface area contributed by atoms with E-state index < -0.39 is 11.5 Å². The van der Waals surface area contributed by atoms with Gasteiger partial charge in [-0.05, 0) is 36.8 Å². The van der Waals surface area contributed by atoms with Crippen LogP contribution in [0.25, 0.3) is 0 Å². The molecule has 1 aromatic heterocycles. The summed E-state index contributed by atoms with van der Waals surface area (Å²) in [5, 5.41) is 9.89. The molecular formula is C16H14N2O3S. The summed E-state index contributed by atoms with van der Waals surface area (Å²) in [7, 11) is 1.61. The van der Waals surface area contributed by atoms with Crippen LogP contribution >= 0.6 is 11.3 Å². The second-order valence-corrected chi connectivity index (χ2v) is 5.87. The number of ether oxygens (including phenoxy) is 1. The first-order valence-corrected chi connectivity index (χ1v) is 7.47. The van der Waals surface area contributed by atoms with E-state index in [1.807, 2.05) is 36.4 Å². The number of methoxy groups -OCH3 is 1. The summed E-state index contributed by atoms with van der Waals surface area (Å²) in [6.45, 7) is 1.70. The van der Waals surface area contributed by atoms with Gasteiger partial charge in [-0.1, -0.05) is 12.1 Å². The Balaban J connectivity index is 2.13. The number of nitrogens with zero attached hydrogens (tertiary/aromatic N) is 2. The van der Waals surface area contributed by atoms with Crippen molar-refractivity contribution in [1.29, 1.82) is 0 Å². The molecule has 6 heteroatoms. The first-order valence-electron chi connectivity index (χ1n) is 6.65. The average Bonchev–Trinajstić information content (AvgIpc) is 3.15. The number of carbonyl (C=O) groups is 1. The molecule has 22 heavy (non-hydrogen) atoms. The fourth-order valence-electron chi connectivity index (χ4n) is 2.41. The lowest BCUT2D eigenvalue weighted by molar-refractivity contribution is 0.0701. The minimum atomic E-state index is -0.961. The number of thiazole rings is 1. The van der Waals surface area contributed by atoms with E-state index in [-0.39, 0.29) is 4.88 Å². The second-order valence-electron chi connectivity index (χ2n) is 4.87. The van der Waals surface area contributed by atoms with Crippen molar-refractivity contribution in [2.75, 3.05) is 7.11 Å². The van der Waals surface area contributed by atoms with Crippen molar-refractivity contribution in [3.8, 4) is 5.75 Å². The van der Waals surface area contributed by atoms with Crippen molar-refractivity contribution >= 4 is 23.5 Å². The quantitative estimate of drug-likeness (QED) is 0.941. The summed E-state index contributed by atoms with van der Waals surface area (Å²) in [5.41, 5.74) is 0.676. The Bertz CT molecular complexity index is 763. The van der Waals surface area contributed by atoms with Gasteiger partial charge in [-0.2, -0.15) is 0 Å². The Hall–Kier alpha value is -2.47. The Labute approximate surface area is 131 Å². The van der Waals surface area contributed by atoms with Crippen molar-refractivity contribution in [2.45, 2.75) is 12.5 Å². The van der Waals surface area contributed by atoms with E-state index in [2.05, 4.69) is 9.98 Å². The number of benzene rings is 1. The molecule has 0 saturated heterocycles. The highest BCUT2D eigenvalue weighted by atomic mass is 32.1. The van der Waals surface area contributed by atoms with Gasteiger partial charge in [0.15, 0.2) is 5.54 Å². The zero-order valence-corrected chi connectivity index (χ0v) is 12.9. The summed E-state index contributed by atoms with van der Waals surface area (Å²) in [6.07, 6.45) is 5.49. The minimum absolute atomic E-state index is 0.249. The smallest absolute Gasteiger partial charge is 0.347 e. The Morgan fingerprint density at radius 1 is 1.32 bits per heavy atom. The van der Waals surface area contributed by atoms with Crippen LogP contribution in [-0.2, 0) is 5.54 Å². The molecule has 1 aliphatic rings. The van der Waals surface area contributed by atoms with E-state index >= 15 is 0 Å². The van der Waals surface area contributed by atoms with Crippen LogP contribution in [0.3, 0.4) is 0 Å². The number of hydrogen-bond donors (Lipinski definition) is 1. The lowest BCUT2D eigenvalue weighted by Crippen LogP contribution is -2.20. The molecule has 1 aliphatic heterocycles. The molecule has 2 heterocycles. The van der Waals surface area contributed by atoms with Gasteiger partial charge in [-0.15, -0.1) is 11.3 Å². The van der Waals surface area contributed by atoms with Crippen LogP contribution in [0.1, 0.15) is 25.9 Å². The van der Waals surface area contributed by atoms with Crippen molar-refractivity contribution in [3.63, 3.8) is 0 Å². The fraction of sp³-hybridized carbons (Fsp3) is 0.188. The molecule has 2 aromatic rings. The number of allylic oxidation sites excluding steroid dienone is 1. The van der Waals surface area contributed by atoms with Gasteiger partial charge in [-0.3, -0.25) is 4.99 Å². The van der Waals surface area contributed by atoms with Crippen LogP contribution < -0.4 is 4.74 Å². The zero-order chi connectivity index (χ0) is 15.7. The highest BCUT2D eigenvalue weighted by Crippen LogP contribution is 2.40. The summed E-state index contributed by atoms with van der Waals surface area (Å²) < 4.78 is 5.18. The van der Waals surface area contributed by atoms with E-state index in [1.54, 1.807) is 20.2 Å². The minimum Gasteiger partial charge on any atom is -0.497 e. The predicted octanol–water partition coefficient (Wildman–Crippen LogP) is 3.04. The lowest BCUT2D eigenvalue weighted by Gasteiger charge is -2.22. The average molecular weight is 314 g/mol. The van der Waals surface area contributed by atoms with Crippen molar-refractivity contribution in [3.05, 3.63) is 57.6 Å². The van der Waals surface area contributed by atoms with Crippen LogP contribution in [0.15, 0.2) is 41.4 Å². The highest BCUT2D eigenvalue weighted by Gasteiger charge is 2.37. The molecule has 1 aromatic carbocycles. The molecule has 1 unspecified atom stereocenters. The molecule has 0 amide bonds. The van der Waals surface area contributed by atoms with Gasteiger partial charge in [-0.25, -0.2) is 9.78 Å². The second kappa shape index (κ2) is 5.38. The molecule has 0 radical (unpaired) electrons. The first-order chi connectivity index (χ1) is 10.6. The van der Waals surface area contributed by atoms with Crippen LogP contribution in [-0.4, -0.2) is 29.4 Å². The Morgan fingerprint density at radius 2 is 2.05 bits per heavy atom. The van der Waals surface area contributed by atoms with E-state index in [4.69, 9.17) is 4.74 Å². The van der Waals surface area contributed by atoms with Crippen molar-refractivity contribution in [1.82, 2.24) is 4.98 Å². The standard InChI is InChI=1S/C16H14N2O3S/c1-10-13(14(19)20)22-15(18-10)16(8-3-9-17-16)11-4-6-12(21-2)7-5-11/h3-9H,1-2H3,(H,19,20). The highest BCUT2D eigenvalue weighted by molar-refractivity contribution is 7.14. The summed E-state index contributed by atoms with van der Waals surface area (Å²) in [5.74, 6) is -0.205.